The van der Waals surface area contributed by atoms with Gasteiger partial charge in [0.15, 0.2) is 0 Å². The molecule has 29 heavy (non-hydrogen) atoms. The lowest BCUT2D eigenvalue weighted by atomic mass is 10.1. The fourth-order valence-corrected chi connectivity index (χ4v) is 3.53. The summed E-state index contributed by atoms with van der Waals surface area (Å²) in [5, 5.41) is 16.8. The van der Waals surface area contributed by atoms with Crippen molar-refractivity contribution in [2.45, 2.75) is 38.6 Å². The summed E-state index contributed by atoms with van der Waals surface area (Å²) in [5.74, 6) is -0.00868. The minimum atomic E-state index is -0.421. The summed E-state index contributed by atoms with van der Waals surface area (Å²) in [5.41, 5.74) is 2.94. The van der Waals surface area contributed by atoms with Crippen LogP contribution >= 0.6 is 0 Å². The van der Waals surface area contributed by atoms with Gasteiger partial charge in [0.05, 0.1) is 4.92 Å². The Morgan fingerprint density at radius 3 is 2.52 bits per heavy atom. The number of likely N-dealkylation sites (tertiary alicyclic amines) is 1. The number of nitrogens with one attached hydrogen (secondary N) is 2. The van der Waals surface area contributed by atoms with E-state index in [2.05, 4.69) is 27.7 Å². The van der Waals surface area contributed by atoms with Crippen LogP contribution in [-0.4, -0.2) is 35.4 Å². The average Bonchev–Trinajstić information content (AvgIpc) is 2.72. The van der Waals surface area contributed by atoms with Crippen molar-refractivity contribution in [3.8, 4) is 0 Å². The summed E-state index contributed by atoms with van der Waals surface area (Å²) >= 11 is 0. The van der Waals surface area contributed by atoms with Crippen LogP contribution in [0.25, 0.3) is 0 Å². The molecule has 1 saturated heterocycles. The van der Waals surface area contributed by atoms with Gasteiger partial charge in [-0.2, -0.15) is 0 Å². The van der Waals surface area contributed by atoms with Crippen molar-refractivity contribution >= 4 is 23.0 Å². The van der Waals surface area contributed by atoms with E-state index < -0.39 is 4.92 Å². The Morgan fingerprint density at radius 1 is 1.03 bits per heavy atom. The van der Waals surface area contributed by atoms with Crippen molar-refractivity contribution < 1.29 is 9.72 Å². The summed E-state index contributed by atoms with van der Waals surface area (Å²) in [7, 11) is 0. The predicted molar refractivity (Wildman–Crippen MR) is 115 cm³/mol. The second kappa shape index (κ2) is 10.6. The number of nitro groups is 1. The first-order valence-electron chi connectivity index (χ1n) is 10.2. The van der Waals surface area contributed by atoms with E-state index in [0.717, 1.165) is 31.0 Å². The van der Waals surface area contributed by atoms with Crippen LogP contribution in [0.15, 0.2) is 48.5 Å². The molecule has 3 rings (SSSR count). The van der Waals surface area contributed by atoms with E-state index in [4.69, 9.17) is 0 Å². The summed E-state index contributed by atoms with van der Waals surface area (Å²) in [6, 6.07) is 14.4. The number of piperidine rings is 1. The zero-order chi connectivity index (χ0) is 20.5. The third kappa shape index (κ3) is 6.87. The number of anilines is 2. The van der Waals surface area contributed by atoms with Crippen molar-refractivity contribution in [1.29, 1.82) is 0 Å². The summed E-state index contributed by atoms with van der Waals surface area (Å²) < 4.78 is 0. The topological polar surface area (TPSA) is 87.5 Å². The molecule has 1 aliphatic rings. The number of hydrogen-bond acceptors (Lipinski definition) is 5. The molecule has 0 bridgehead atoms. The minimum Gasteiger partial charge on any atom is -0.385 e. The quantitative estimate of drug-likeness (QED) is 0.372. The average molecular weight is 396 g/mol. The van der Waals surface area contributed by atoms with E-state index in [-0.39, 0.29) is 11.6 Å². The van der Waals surface area contributed by atoms with Crippen LogP contribution in [0.1, 0.15) is 37.7 Å². The second-order valence-electron chi connectivity index (χ2n) is 7.42. The van der Waals surface area contributed by atoms with Gasteiger partial charge in [0.2, 0.25) is 5.91 Å². The van der Waals surface area contributed by atoms with Gasteiger partial charge in [-0.1, -0.05) is 18.6 Å². The Kier molecular flexibility index (Phi) is 7.58. The van der Waals surface area contributed by atoms with Gasteiger partial charge >= 0.3 is 0 Å². The van der Waals surface area contributed by atoms with Gasteiger partial charge in [0.1, 0.15) is 0 Å². The summed E-state index contributed by atoms with van der Waals surface area (Å²) in [6.45, 7) is 3.86. The third-order valence-electron chi connectivity index (χ3n) is 5.05. The van der Waals surface area contributed by atoms with E-state index >= 15 is 0 Å². The van der Waals surface area contributed by atoms with Gasteiger partial charge in [-0.25, -0.2) is 0 Å². The van der Waals surface area contributed by atoms with Crippen molar-refractivity contribution in [2.24, 2.45) is 0 Å². The number of carbonyl (C=O) groups excluding carboxylic acids is 1. The molecule has 0 radical (unpaired) electrons. The van der Waals surface area contributed by atoms with Crippen LogP contribution in [0.4, 0.5) is 17.1 Å². The zero-order valence-electron chi connectivity index (χ0n) is 16.6. The van der Waals surface area contributed by atoms with Crippen molar-refractivity contribution in [3.05, 3.63) is 64.2 Å². The fourth-order valence-electron chi connectivity index (χ4n) is 3.53. The molecular formula is C22H28N4O3. The first-order valence-corrected chi connectivity index (χ1v) is 10.2. The molecule has 0 aromatic heterocycles. The standard InChI is InChI=1S/C22H28N4O3/c27-22(8-5-13-23-19-9-11-21(12-10-19)26(28)29)24-20-7-4-6-18(16-20)17-25-14-2-1-3-15-25/h4,6-7,9-12,16,23H,1-3,5,8,13-15,17H2,(H,24,27). The van der Waals surface area contributed by atoms with Crippen molar-refractivity contribution in [1.82, 2.24) is 4.90 Å². The normalized spacial score (nSPS) is 14.3. The lowest BCUT2D eigenvalue weighted by Crippen LogP contribution is -2.29. The highest BCUT2D eigenvalue weighted by Crippen LogP contribution is 2.17. The molecule has 0 spiro atoms. The van der Waals surface area contributed by atoms with Gasteiger partial charge in [-0.05, 0) is 62.2 Å². The Bertz CT molecular complexity index is 817. The maximum absolute atomic E-state index is 12.2. The lowest BCUT2D eigenvalue weighted by Gasteiger charge is -2.26. The van der Waals surface area contributed by atoms with Gasteiger partial charge in [0.25, 0.3) is 5.69 Å². The van der Waals surface area contributed by atoms with E-state index in [1.54, 1.807) is 12.1 Å². The molecular weight excluding hydrogens is 368 g/mol. The molecule has 1 fully saturated rings. The maximum atomic E-state index is 12.2. The van der Waals surface area contributed by atoms with E-state index in [0.29, 0.717) is 19.4 Å². The van der Waals surface area contributed by atoms with Gasteiger partial charge in [0, 0.05) is 43.0 Å². The second-order valence-corrected chi connectivity index (χ2v) is 7.42. The van der Waals surface area contributed by atoms with E-state index in [9.17, 15) is 14.9 Å². The smallest absolute Gasteiger partial charge is 0.269 e. The predicted octanol–water partition coefficient (Wildman–Crippen LogP) is 4.41. The highest BCUT2D eigenvalue weighted by Gasteiger charge is 2.11. The summed E-state index contributed by atoms with van der Waals surface area (Å²) in [4.78, 5) is 24.9. The Balaban J connectivity index is 1.38. The van der Waals surface area contributed by atoms with Crippen LogP contribution in [0.5, 0.6) is 0 Å². The van der Waals surface area contributed by atoms with Crippen molar-refractivity contribution in [3.63, 3.8) is 0 Å². The van der Waals surface area contributed by atoms with Crippen LogP contribution in [0.3, 0.4) is 0 Å². The maximum Gasteiger partial charge on any atom is 0.269 e. The van der Waals surface area contributed by atoms with Gasteiger partial charge < -0.3 is 10.6 Å². The molecule has 0 saturated carbocycles. The molecule has 7 nitrogen and oxygen atoms in total. The number of amides is 1. The number of non-ortho nitro benzene ring substituents is 1. The molecule has 2 aromatic rings. The Morgan fingerprint density at radius 2 is 1.79 bits per heavy atom. The molecule has 7 heteroatoms. The largest absolute Gasteiger partial charge is 0.385 e. The van der Waals surface area contributed by atoms with E-state index in [1.807, 2.05) is 12.1 Å². The number of carbonyl (C=O) groups is 1. The number of nitrogens with zero attached hydrogens (tertiary/aromatic N) is 2. The molecule has 1 amide bonds. The highest BCUT2D eigenvalue weighted by molar-refractivity contribution is 5.90. The molecule has 0 atom stereocenters. The number of benzene rings is 2. The Labute approximate surface area is 171 Å². The molecule has 2 N–H and O–H groups in total. The van der Waals surface area contributed by atoms with Gasteiger partial charge in [-0.15, -0.1) is 0 Å². The first-order chi connectivity index (χ1) is 14.1. The Hall–Kier alpha value is -2.93. The SMILES string of the molecule is O=C(CCCNc1ccc([N+](=O)[O-])cc1)Nc1cccc(CN2CCCCC2)c1. The number of nitro benzene ring substituents is 1. The third-order valence-corrected chi connectivity index (χ3v) is 5.05. The molecule has 1 aliphatic heterocycles. The summed E-state index contributed by atoms with van der Waals surface area (Å²) in [6.07, 6.45) is 4.95. The molecule has 154 valence electrons. The minimum absolute atomic E-state index is 0.00868. The zero-order valence-corrected chi connectivity index (χ0v) is 16.6. The van der Waals surface area contributed by atoms with Crippen LogP contribution < -0.4 is 10.6 Å². The van der Waals surface area contributed by atoms with Crippen LogP contribution in [-0.2, 0) is 11.3 Å². The number of hydrogen-bond donors (Lipinski definition) is 2. The molecule has 0 aliphatic carbocycles. The van der Waals surface area contributed by atoms with Crippen molar-refractivity contribution in [2.75, 3.05) is 30.3 Å². The molecule has 2 aromatic carbocycles. The van der Waals surface area contributed by atoms with E-state index in [1.165, 1.54) is 37.0 Å². The molecule has 1 heterocycles. The lowest BCUT2D eigenvalue weighted by molar-refractivity contribution is -0.384. The number of rotatable bonds is 9. The first kappa shape index (κ1) is 20.8. The fraction of sp³-hybridized carbons (Fsp3) is 0.409. The molecule has 0 unspecified atom stereocenters. The monoisotopic (exact) mass is 396 g/mol. The van der Waals surface area contributed by atoms with Crippen LogP contribution in [0, 0.1) is 10.1 Å². The van der Waals surface area contributed by atoms with Crippen LogP contribution in [0.2, 0.25) is 0 Å². The van der Waals surface area contributed by atoms with Gasteiger partial charge in [-0.3, -0.25) is 19.8 Å². The highest BCUT2D eigenvalue weighted by atomic mass is 16.6.